The van der Waals surface area contributed by atoms with Gasteiger partial charge in [-0.25, -0.2) is 8.42 Å². The highest BCUT2D eigenvalue weighted by atomic mass is 79.9. The molecule has 0 aliphatic rings. The molecule has 0 aliphatic heterocycles. The zero-order valence-corrected chi connectivity index (χ0v) is 18.0. The zero-order valence-electron chi connectivity index (χ0n) is 15.6. The van der Waals surface area contributed by atoms with E-state index in [0.717, 1.165) is 36.9 Å². The minimum absolute atomic E-state index is 0.273. The number of rotatable bonds is 6. The number of carbonyl (C=O) groups excluding carboxylic acids is 1. The summed E-state index contributed by atoms with van der Waals surface area (Å²) in [6, 6.07) is 19.0. The number of sulfonamides is 1. The number of amides is 1. The fraction of sp³-hybridized carbons (Fsp3) is 0.190. The van der Waals surface area contributed by atoms with Gasteiger partial charge in [0, 0.05) is 11.0 Å². The third-order valence-electron chi connectivity index (χ3n) is 4.47. The van der Waals surface area contributed by atoms with E-state index >= 15 is 0 Å². The van der Waals surface area contributed by atoms with Crippen molar-refractivity contribution in [2.45, 2.75) is 13.5 Å². The summed E-state index contributed by atoms with van der Waals surface area (Å²) in [4.78, 5) is 12.5. The Morgan fingerprint density at radius 1 is 1.07 bits per heavy atom. The first kappa shape index (κ1) is 20.4. The van der Waals surface area contributed by atoms with Crippen LogP contribution in [0.4, 0.5) is 5.69 Å². The number of halogens is 1. The lowest BCUT2D eigenvalue weighted by Gasteiger charge is -2.22. The SMILES string of the molecule is Cc1cc(N(CC(=O)NCc2cccc3ccccc23)S(C)(=O)=O)ccc1Br. The standard InChI is InChI=1S/C21H21BrN2O3S/c1-15-12-18(10-11-20(15)22)24(28(2,26)27)14-21(25)23-13-17-8-5-7-16-6-3-4-9-19(16)17/h3-12H,13-14H2,1-2H3,(H,23,25). The number of fused-ring (bicyclic) bond motifs is 1. The van der Waals surface area contributed by atoms with Gasteiger partial charge in [-0.15, -0.1) is 0 Å². The Hall–Kier alpha value is -2.38. The number of nitrogens with zero attached hydrogens (tertiary/aromatic N) is 1. The van der Waals surface area contributed by atoms with Crippen LogP contribution in [-0.4, -0.2) is 27.1 Å². The van der Waals surface area contributed by atoms with Gasteiger partial charge >= 0.3 is 0 Å². The molecule has 0 saturated carbocycles. The van der Waals surface area contributed by atoms with E-state index in [1.54, 1.807) is 18.2 Å². The van der Waals surface area contributed by atoms with Gasteiger partial charge in [-0.1, -0.05) is 58.4 Å². The Morgan fingerprint density at radius 2 is 1.79 bits per heavy atom. The van der Waals surface area contributed by atoms with Crippen LogP contribution >= 0.6 is 15.9 Å². The van der Waals surface area contributed by atoms with Gasteiger partial charge in [0.15, 0.2) is 0 Å². The average Bonchev–Trinajstić information content (AvgIpc) is 2.66. The molecule has 1 amide bonds. The number of benzene rings is 3. The van der Waals surface area contributed by atoms with Crippen molar-refractivity contribution in [2.75, 3.05) is 17.1 Å². The number of hydrogen-bond acceptors (Lipinski definition) is 3. The van der Waals surface area contributed by atoms with E-state index in [9.17, 15) is 13.2 Å². The van der Waals surface area contributed by atoms with Crippen molar-refractivity contribution in [1.29, 1.82) is 0 Å². The molecular formula is C21H21BrN2O3S. The third-order valence-corrected chi connectivity index (χ3v) is 6.50. The van der Waals surface area contributed by atoms with E-state index in [2.05, 4.69) is 21.2 Å². The van der Waals surface area contributed by atoms with Crippen molar-refractivity contribution in [1.82, 2.24) is 5.32 Å². The first-order chi connectivity index (χ1) is 13.3. The lowest BCUT2D eigenvalue weighted by atomic mass is 10.0. The van der Waals surface area contributed by atoms with Crippen LogP contribution in [0.25, 0.3) is 10.8 Å². The van der Waals surface area contributed by atoms with Crippen molar-refractivity contribution in [3.8, 4) is 0 Å². The minimum Gasteiger partial charge on any atom is -0.350 e. The van der Waals surface area contributed by atoms with Crippen molar-refractivity contribution in [3.63, 3.8) is 0 Å². The molecule has 5 nitrogen and oxygen atoms in total. The maximum atomic E-state index is 12.5. The van der Waals surface area contributed by atoms with Gasteiger partial charge in [0.2, 0.25) is 15.9 Å². The number of carbonyl (C=O) groups is 1. The van der Waals surface area contributed by atoms with Crippen molar-refractivity contribution in [3.05, 3.63) is 76.3 Å². The molecule has 0 fully saturated rings. The van der Waals surface area contributed by atoms with Gasteiger partial charge in [-0.3, -0.25) is 9.10 Å². The lowest BCUT2D eigenvalue weighted by molar-refractivity contribution is -0.119. The van der Waals surface area contributed by atoms with Crippen LogP contribution in [0.15, 0.2) is 65.1 Å². The molecule has 146 valence electrons. The third kappa shape index (κ3) is 4.72. The van der Waals surface area contributed by atoms with Gasteiger partial charge in [-0.2, -0.15) is 0 Å². The monoisotopic (exact) mass is 460 g/mol. The summed E-state index contributed by atoms with van der Waals surface area (Å²) >= 11 is 3.40. The molecule has 0 heterocycles. The summed E-state index contributed by atoms with van der Waals surface area (Å²) in [6.07, 6.45) is 1.10. The van der Waals surface area contributed by atoms with Crippen LogP contribution in [0.1, 0.15) is 11.1 Å². The van der Waals surface area contributed by atoms with Crippen molar-refractivity contribution >= 4 is 48.3 Å². The second kappa shape index (κ2) is 8.32. The van der Waals surface area contributed by atoms with Crippen LogP contribution in [0.5, 0.6) is 0 Å². The molecule has 0 radical (unpaired) electrons. The smallest absolute Gasteiger partial charge is 0.241 e. The Bertz CT molecular complexity index is 1120. The summed E-state index contributed by atoms with van der Waals surface area (Å²) < 4.78 is 26.5. The van der Waals surface area contributed by atoms with Crippen molar-refractivity contribution < 1.29 is 13.2 Å². The minimum atomic E-state index is -3.60. The highest BCUT2D eigenvalue weighted by Crippen LogP contribution is 2.24. The molecule has 0 aromatic heterocycles. The first-order valence-electron chi connectivity index (χ1n) is 8.73. The molecule has 7 heteroatoms. The van der Waals surface area contributed by atoms with E-state index in [1.165, 1.54) is 0 Å². The highest BCUT2D eigenvalue weighted by Gasteiger charge is 2.21. The Balaban J connectivity index is 1.76. The maximum Gasteiger partial charge on any atom is 0.241 e. The average molecular weight is 461 g/mol. The zero-order chi connectivity index (χ0) is 20.3. The molecule has 0 saturated heterocycles. The molecule has 28 heavy (non-hydrogen) atoms. The predicted octanol–water partition coefficient (Wildman–Crippen LogP) is 3.99. The van der Waals surface area contributed by atoms with Gasteiger partial charge < -0.3 is 5.32 Å². The second-order valence-electron chi connectivity index (χ2n) is 6.62. The van der Waals surface area contributed by atoms with E-state index < -0.39 is 10.0 Å². The molecule has 1 N–H and O–H groups in total. The molecule has 0 unspecified atom stereocenters. The van der Waals surface area contributed by atoms with Crippen molar-refractivity contribution in [2.24, 2.45) is 0 Å². The summed E-state index contributed by atoms with van der Waals surface area (Å²) in [7, 11) is -3.60. The van der Waals surface area contributed by atoms with Gasteiger partial charge in [0.1, 0.15) is 6.54 Å². The summed E-state index contributed by atoms with van der Waals surface area (Å²) in [5.74, 6) is -0.362. The topological polar surface area (TPSA) is 66.5 Å². The predicted molar refractivity (Wildman–Crippen MR) is 117 cm³/mol. The Morgan fingerprint density at radius 3 is 2.50 bits per heavy atom. The van der Waals surface area contributed by atoms with Gasteiger partial charge in [-0.05, 0) is 47.0 Å². The molecule has 3 rings (SSSR count). The summed E-state index contributed by atoms with van der Waals surface area (Å²) in [5.41, 5.74) is 2.34. The number of aryl methyl sites for hydroxylation is 1. The van der Waals surface area contributed by atoms with Crippen LogP contribution in [0.2, 0.25) is 0 Å². The van der Waals surface area contributed by atoms with E-state index in [0.29, 0.717) is 12.2 Å². The van der Waals surface area contributed by atoms with E-state index in [-0.39, 0.29) is 12.5 Å². The summed E-state index contributed by atoms with van der Waals surface area (Å²) in [6.45, 7) is 1.93. The van der Waals surface area contributed by atoms with Crippen LogP contribution in [0, 0.1) is 6.92 Å². The summed E-state index contributed by atoms with van der Waals surface area (Å²) in [5, 5.41) is 4.99. The maximum absolute atomic E-state index is 12.5. The van der Waals surface area contributed by atoms with Crippen LogP contribution in [0.3, 0.4) is 0 Å². The quantitative estimate of drug-likeness (QED) is 0.604. The number of hydrogen-bond donors (Lipinski definition) is 1. The molecular weight excluding hydrogens is 440 g/mol. The van der Waals surface area contributed by atoms with Gasteiger partial charge in [0.05, 0.1) is 11.9 Å². The second-order valence-corrected chi connectivity index (χ2v) is 9.38. The molecule has 0 spiro atoms. The Labute approximate surface area is 173 Å². The number of anilines is 1. The fourth-order valence-electron chi connectivity index (χ4n) is 3.01. The normalized spacial score (nSPS) is 11.4. The molecule has 0 atom stereocenters. The molecule has 0 aliphatic carbocycles. The molecule has 3 aromatic rings. The Kier molecular flexibility index (Phi) is 6.05. The van der Waals surface area contributed by atoms with E-state index in [1.807, 2.05) is 49.4 Å². The van der Waals surface area contributed by atoms with Crippen LogP contribution in [-0.2, 0) is 21.4 Å². The largest absolute Gasteiger partial charge is 0.350 e. The van der Waals surface area contributed by atoms with Gasteiger partial charge in [0.25, 0.3) is 0 Å². The first-order valence-corrected chi connectivity index (χ1v) is 11.4. The molecule has 3 aromatic carbocycles. The lowest BCUT2D eigenvalue weighted by Crippen LogP contribution is -2.40. The van der Waals surface area contributed by atoms with Crippen LogP contribution < -0.4 is 9.62 Å². The van der Waals surface area contributed by atoms with E-state index in [4.69, 9.17) is 0 Å². The molecule has 0 bridgehead atoms. The number of nitrogens with one attached hydrogen (secondary N) is 1. The fourth-order valence-corrected chi connectivity index (χ4v) is 4.11. The highest BCUT2D eigenvalue weighted by molar-refractivity contribution is 9.10.